The lowest BCUT2D eigenvalue weighted by Crippen LogP contribution is -2.27. The molecule has 5 nitrogen and oxygen atoms in total. The summed E-state index contributed by atoms with van der Waals surface area (Å²) in [7, 11) is 0. The van der Waals surface area contributed by atoms with Gasteiger partial charge in [0, 0.05) is 5.39 Å². The van der Waals surface area contributed by atoms with Crippen LogP contribution in [0.2, 0.25) is 0 Å². The molecule has 0 amide bonds. The van der Waals surface area contributed by atoms with Crippen molar-refractivity contribution in [2.45, 2.75) is 25.7 Å². The number of ether oxygens (including phenoxy) is 1. The lowest BCUT2D eigenvalue weighted by molar-refractivity contribution is 0.397. The summed E-state index contributed by atoms with van der Waals surface area (Å²) in [5, 5.41) is 10.4. The number of aromatic nitrogens is 1. The number of benzene rings is 2. The maximum atomic E-state index is 12.9. The highest BCUT2D eigenvalue weighted by molar-refractivity contribution is 5.87. The highest BCUT2D eigenvalue weighted by atomic mass is 16.5. The van der Waals surface area contributed by atoms with Crippen LogP contribution >= 0.6 is 0 Å². The molecule has 5 heteroatoms. The third kappa shape index (κ3) is 2.67. The normalized spacial score (nSPS) is 16.1. The first-order valence-corrected chi connectivity index (χ1v) is 8.83. The van der Waals surface area contributed by atoms with Crippen LogP contribution in [-0.2, 0) is 0 Å². The molecule has 27 heavy (non-hydrogen) atoms. The van der Waals surface area contributed by atoms with E-state index < -0.39 is 5.92 Å². The van der Waals surface area contributed by atoms with Crippen LogP contribution in [0.15, 0.2) is 64.8 Å². The average molecular weight is 357 g/mol. The second-order valence-corrected chi connectivity index (χ2v) is 6.99. The van der Waals surface area contributed by atoms with E-state index in [1.165, 1.54) is 5.56 Å². The van der Waals surface area contributed by atoms with Crippen LogP contribution in [0, 0.1) is 11.3 Å². The van der Waals surface area contributed by atoms with Gasteiger partial charge in [-0.2, -0.15) is 5.26 Å². The summed E-state index contributed by atoms with van der Waals surface area (Å²) in [5.74, 6) is 0.292. The Labute approximate surface area is 156 Å². The van der Waals surface area contributed by atoms with Gasteiger partial charge in [-0.3, -0.25) is 4.79 Å². The fourth-order valence-electron chi connectivity index (χ4n) is 3.58. The average Bonchev–Trinajstić information content (AvgIpc) is 2.67. The molecule has 1 aliphatic heterocycles. The SMILES string of the molecule is CC(C)c1ccc([C@@H]2C(C#N)=C(N)Oc3c2c(=O)[nH]c2ccccc32)cc1. The molecule has 1 aromatic heterocycles. The van der Waals surface area contributed by atoms with E-state index in [0.717, 1.165) is 10.9 Å². The van der Waals surface area contributed by atoms with Crippen LogP contribution in [0.4, 0.5) is 0 Å². The van der Waals surface area contributed by atoms with Crippen LogP contribution in [0.1, 0.15) is 42.4 Å². The number of allylic oxidation sites excluding steroid dienone is 1. The third-order valence-corrected chi connectivity index (χ3v) is 5.02. The number of nitrogens with one attached hydrogen (secondary N) is 1. The summed E-state index contributed by atoms with van der Waals surface area (Å²) < 4.78 is 5.76. The van der Waals surface area contributed by atoms with Crippen LogP contribution in [0.25, 0.3) is 10.9 Å². The van der Waals surface area contributed by atoms with E-state index in [4.69, 9.17) is 10.5 Å². The molecule has 1 atom stereocenters. The van der Waals surface area contributed by atoms with Gasteiger partial charge >= 0.3 is 0 Å². The predicted molar refractivity (Wildman–Crippen MR) is 104 cm³/mol. The molecule has 3 aromatic rings. The van der Waals surface area contributed by atoms with Crippen LogP contribution < -0.4 is 16.0 Å². The van der Waals surface area contributed by atoms with E-state index >= 15 is 0 Å². The molecular weight excluding hydrogens is 338 g/mol. The molecule has 3 N–H and O–H groups in total. The van der Waals surface area contributed by atoms with Crippen LogP contribution in [0.3, 0.4) is 0 Å². The second-order valence-electron chi connectivity index (χ2n) is 6.99. The molecule has 0 bridgehead atoms. The number of nitrogens with two attached hydrogens (primary N) is 1. The molecule has 134 valence electrons. The van der Waals surface area contributed by atoms with Crippen molar-refractivity contribution >= 4 is 10.9 Å². The minimum atomic E-state index is -0.562. The monoisotopic (exact) mass is 357 g/mol. The number of H-pyrrole nitrogens is 1. The van der Waals surface area contributed by atoms with Crippen LogP contribution in [-0.4, -0.2) is 4.98 Å². The van der Waals surface area contributed by atoms with E-state index in [1.807, 2.05) is 48.5 Å². The summed E-state index contributed by atoms with van der Waals surface area (Å²) in [6.07, 6.45) is 0. The van der Waals surface area contributed by atoms with Crippen molar-refractivity contribution in [2.24, 2.45) is 5.73 Å². The standard InChI is InChI=1S/C22H19N3O2/c1-12(2)13-7-9-14(10-8-13)18-16(11-23)21(24)27-20-15-5-3-4-6-17(15)25-22(26)19(18)20/h3-10,12,18H,24H2,1-2H3,(H,25,26)/t18-/m1/s1. The zero-order chi connectivity index (χ0) is 19.1. The number of rotatable bonds is 2. The van der Waals surface area contributed by atoms with Gasteiger partial charge in [0.15, 0.2) is 0 Å². The molecule has 4 rings (SSSR count). The number of fused-ring (bicyclic) bond motifs is 3. The zero-order valence-corrected chi connectivity index (χ0v) is 15.1. The molecule has 2 heterocycles. The Bertz CT molecular complexity index is 1160. The van der Waals surface area contributed by atoms with Gasteiger partial charge in [0.25, 0.3) is 5.56 Å². The molecule has 0 aliphatic carbocycles. The minimum Gasteiger partial charge on any atom is -0.439 e. The summed E-state index contributed by atoms with van der Waals surface area (Å²) in [5.41, 5.74) is 9.16. The van der Waals surface area contributed by atoms with Gasteiger partial charge < -0.3 is 15.5 Å². The van der Waals surface area contributed by atoms with Crippen molar-refractivity contribution in [2.75, 3.05) is 0 Å². The lowest BCUT2D eigenvalue weighted by atomic mass is 9.83. The van der Waals surface area contributed by atoms with Gasteiger partial charge in [-0.05, 0) is 29.2 Å². The Hall–Kier alpha value is -3.52. The quantitative estimate of drug-likeness (QED) is 0.728. The van der Waals surface area contributed by atoms with E-state index in [0.29, 0.717) is 22.7 Å². The summed E-state index contributed by atoms with van der Waals surface area (Å²) >= 11 is 0. The van der Waals surface area contributed by atoms with E-state index in [1.54, 1.807) is 0 Å². The molecular formula is C22H19N3O2. The predicted octanol–water partition coefficient (Wildman–Crippen LogP) is 3.87. The minimum absolute atomic E-state index is 0.0405. The number of nitriles is 1. The Morgan fingerprint density at radius 3 is 2.52 bits per heavy atom. The first-order chi connectivity index (χ1) is 13.0. The molecule has 0 spiro atoms. The number of pyridine rings is 1. The van der Waals surface area contributed by atoms with Gasteiger partial charge in [-0.1, -0.05) is 50.2 Å². The van der Waals surface area contributed by atoms with Gasteiger partial charge in [0.05, 0.1) is 17.0 Å². The molecule has 0 saturated heterocycles. The number of hydrogen-bond acceptors (Lipinski definition) is 4. The Morgan fingerprint density at radius 2 is 1.85 bits per heavy atom. The maximum Gasteiger partial charge on any atom is 0.256 e. The lowest BCUT2D eigenvalue weighted by Gasteiger charge is -2.26. The highest BCUT2D eigenvalue weighted by Gasteiger charge is 2.34. The van der Waals surface area contributed by atoms with Crippen LogP contribution in [0.5, 0.6) is 5.75 Å². The summed E-state index contributed by atoms with van der Waals surface area (Å²) in [6.45, 7) is 4.24. The van der Waals surface area contributed by atoms with Crippen molar-refractivity contribution in [3.8, 4) is 11.8 Å². The molecule has 1 aliphatic rings. The van der Waals surface area contributed by atoms with Crippen molar-refractivity contribution in [3.05, 3.63) is 87.0 Å². The first-order valence-electron chi connectivity index (χ1n) is 8.83. The molecule has 2 aromatic carbocycles. The van der Waals surface area contributed by atoms with Crippen molar-refractivity contribution in [1.82, 2.24) is 4.98 Å². The van der Waals surface area contributed by atoms with E-state index in [-0.39, 0.29) is 17.0 Å². The van der Waals surface area contributed by atoms with Crippen molar-refractivity contribution in [1.29, 1.82) is 5.26 Å². The first kappa shape index (κ1) is 16.9. The summed E-state index contributed by atoms with van der Waals surface area (Å²) in [4.78, 5) is 15.8. The van der Waals surface area contributed by atoms with Crippen molar-refractivity contribution < 1.29 is 4.74 Å². The largest absolute Gasteiger partial charge is 0.439 e. The summed E-state index contributed by atoms with van der Waals surface area (Å²) in [6, 6.07) is 17.5. The molecule has 0 radical (unpaired) electrons. The molecule has 0 saturated carbocycles. The third-order valence-electron chi connectivity index (χ3n) is 5.02. The second kappa shape index (κ2) is 6.33. The van der Waals surface area contributed by atoms with E-state index in [9.17, 15) is 10.1 Å². The number of nitrogens with zero attached hydrogens (tertiary/aromatic N) is 1. The fourth-order valence-corrected chi connectivity index (χ4v) is 3.58. The number of hydrogen-bond donors (Lipinski definition) is 2. The molecule has 0 fully saturated rings. The number of aromatic amines is 1. The Kier molecular flexibility index (Phi) is 3.97. The smallest absolute Gasteiger partial charge is 0.256 e. The number of para-hydroxylation sites is 1. The van der Waals surface area contributed by atoms with Gasteiger partial charge in [0.2, 0.25) is 5.88 Å². The topological polar surface area (TPSA) is 91.9 Å². The maximum absolute atomic E-state index is 12.9. The van der Waals surface area contributed by atoms with Gasteiger partial charge in [-0.25, -0.2) is 0 Å². The Balaban J connectivity index is 2.00. The van der Waals surface area contributed by atoms with Gasteiger partial charge in [0.1, 0.15) is 17.4 Å². The Morgan fingerprint density at radius 1 is 1.15 bits per heavy atom. The highest BCUT2D eigenvalue weighted by Crippen LogP contribution is 2.43. The van der Waals surface area contributed by atoms with Gasteiger partial charge in [-0.15, -0.1) is 0 Å². The zero-order valence-electron chi connectivity index (χ0n) is 15.1. The fraction of sp³-hybridized carbons (Fsp3) is 0.182. The molecule has 0 unspecified atom stereocenters. The van der Waals surface area contributed by atoms with Crippen molar-refractivity contribution in [3.63, 3.8) is 0 Å². The van der Waals surface area contributed by atoms with E-state index in [2.05, 4.69) is 24.9 Å².